The Hall–Kier alpha value is -3.93. The average molecular weight is 412 g/mol. The lowest BCUT2D eigenvalue weighted by Crippen LogP contribution is -2.27. The van der Waals surface area contributed by atoms with Gasteiger partial charge >= 0.3 is 0 Å². The third-order valence-electron chi connectivity index (χ3n) is 5.01. The van der Waals surface area contributed by atoms with Crippen LogP contribution in [0.15, 0.2) is 79.3 Å². The Balaban J connectivity index is 1.69. The molecule has 0 aliphatic rings. The van der Waals surface area contributed by atoms with E-state index in [1.165, 1.54) is 12.1 Å². The van der Waals surface area contributed by atoms with Crippen LogP contribution in [0.5, 0.6) is 0 Å². The van der Waals surface area contributed by atoms with E-state index >= 15 is 0 Å². The second-order valence-electron chi connectivity index (χ2n) is 7.30. The number of amides is 1. The van der Waals surface area contributed by atoms with Crippen molar-refractivity contribution in [3.8, 4) is 22.6 Å². The number of carbonyl (C=O) groups excluding carboxylic acids is 1. The van der Waals surface area contributed by atoms with Crippen LogP contribution in [0.1, 0.15) is 34.5 Å². The van der Waals surface area contributed by atoms with E-state index in [4.69, 9.17) is 4.98 Å². The van der Waals surface area contributed by atoms with Crippen molar-refractivity contribution in [2.24, 2.45) is 0 Å². The summed E-state index contributed by atoms with van der Waals surface area (Å²) in [5.74, 6) is -0.0867. The van der Waals surface area contributed by atoms with Crippen LogP contribution in [-0.2, 0) is 0 Å². The maximum atomic E-state index is 13.2. The molecule has 0 saturated carbocycles. The van der Waals surface area contributed by atoms with Crippen molar-refractivity contribution in [1.29, 1.82) is 0 Å². The fourth-order valence-corrected chi connectivity index (χ4v) is 3.23. The summed E-state index contributed by atoms with van der Waals surface area (Å²) in [4.78, 5) is 26.3. The highest BCUT2D eigenvalue weighted by Crippen LogP contribution is 2.25. The summed E-state index contributed by atoms with van der Waals surface area (Å²) in [5.41, 5.74) is 4.46. The van der Waals surface area contributed by atoms with Crippen LogP contribution in [0.25, 0.3) is 22.6 Å². The molecule has 2 aromatic carbocycles. The molecule has 0 fully saturated rings. The van der Waals surface area contributed by atoms with Gasteiger partial charge < -0.3 is 5.32 Å². The average Bonchev–Trinajstić information content (AvgIpc) is 2.80. The summed E-state index contributed by atoms with van der Waals surface area (Å²) in [6.45, 7) is 3.86. The first-order valence-corrected chi connectivity index (χ1v) is 9.92. The molecular weight excluding hydrogens is 391 g/mol. The van der Waals surface area contributed by atoms with E-state index in [-0.39, 0.29) is 17.8 Å². The lowest BCUT2D eigenvalue weighted by Gasteiger charge is -2.16. The van der Waals surface area contributed by atoms with Crippen LogP contribution in [-0.4, -0.2) is 20.9 Å². The molecule has 0 spiro atoms. The van der Waals surface area contributed by atoms with E-state index in [2.05, 4.69) is 15.3 Å². The van der Waals surface area contributed by atoms with Crippen molar-refractivity contribution < 1.29 is 9.18 Å². The van der Waals surface area contributed by atoms with Crippen LogP contribution in [0.4, 0.5) is 4.39 Å². The van der Waals surface area contributed by atoms with Gasteiger partial charge in [0, 0.05) is 29.7 Å². The van der Waals surface area contributed by atoms with E-state index in [0.717, 1.165) is 22.3 Å². The van der Waals surface area contributed by atoms with Crippen molar-refractivity contribution in [3.05, 3.63) is 102 Å². The van der Waals surface area contributed by atoms with E-state index in [1.807, 2.05) is 38.1 Å². The fraction of sp³-hybridized carbons (Fsp3) is 0.120. The normalized spacial score (nSPS) is 11.7. The van der Waals surface area contributed by atoms with Gasteiger partial charge in [-0.05, 0) is 43.7 Å². The van der Waals surface area contributed by atoms with Gasteiger partial charge in [0.15, 0.2) is 5.82 Å². The topological polar surface area (TPSA) is 67.8 Å². The molecule has 1 amide bonds. The van der Waals surface area contributed by atoms with Crippen LogP contribution in [0, 0.1) is 12.7 Å². The van der Waals surface area contributed by atoms with Gasteiger partial charge in [-0.25, -0.2) is 14.4 Å². The Kier molecular flexibility index (Phi) is 5.80. The zero-order valence-corrected chi connectivity index (χ0v) is 17.2. The molecule has 4 rings (SSSR count). The fourth-order valence-electron chi connectivity index (χ4n) is 3.23. The molecule has 0 aliphatic carbocycles. The van der Waals surface area contributed by atoms with E-state index in [0.29, 0.717) is 17.1 Å². The predicted octanol–water partition coefficient (Wildman–Crippen LogP) is 5.14. The lowest BCUT2D eigenvalue weighted by atomic mass is 10.0. The quantitative estimate of drug-likeness (QED) is 0.493. The molecule has 5 nitrogen and oxygen atoms in total. The zero-order chi connectivity index (χ0) is 21.8. The molecule has 4 aromatic rings. The van der Waals surface area contributed by atoms with Crippen molar-refractivity contribution in [2.75, 3.05) is 0 Å². The first-order chi connectivity index (χ1) is 15.0. The number of nitrogens with one attached hydrogen (secondary N) is 1. The lowest BCUT2D eigenvalue weighted by molar-refractivity contribution is 0.0940. The molecule has 0 bridgehead atoms. The summed E-state index contributed by atoms with van der Waals surface area (Å²) < 4.78 is 13.2. The molecule has 1 N–H and O–H groups in total. The number of nitrogens with zero attached hydrogens (tertiary/aromatic N) is 3. The van der Waals surface area contributed by atoms with Crippen LogP contribution in [0.3, 0.4) is 0 Å². The van der Waals surface area contributed by atoms with Crippen molar-refractivity contribution >= 4 is 5.91 Å². The minimum atomic E-state index is -0.317. The van der Waals surface area contributed by atoms with Crippen molar-refractivity contribution in [3.63, 3.8) is 0 Å². The summed E-state index contributed by atoms with van der Waals surface area (Å²) in [5, 5.41) is 2.95. The predicted molar refractivity (Wildman–Crippen MR) is 118 cm³/mol. The highest BCUT2D eigenvalue weighted by atomic mass is 19.1. The van der Waals surface area contributed by atoms with Crippen molar-refractivity contribution in [2.45, 2.75) is 19.9 Å². The summed E-state index contributed by atoms with van der Waals surface area (Å²) >= 11 is 0. The zero-order valence-electron chi connectivity index (χ0n) is 17.2. The number of pyridine rings is 1. The molecular formula is C25H21FN4O. The largest absolute Gasteiger partial charge is 0.345 e. The van der Waals surface area contributed by atoms with Gasteiger partial charge in [-0.15, -0.1) is 0 Å². The molecule has 154 valence electrons. The number of halogens is 1. The van der Waals surface area contributed by atoms with E-state index < -0.39 is 0 Å². The van der Waals surface area contributed by atoms with Crippen LogP contribution in [0.2, 0.25) is 0 Å². The minimum Gasteiger partial charge on any atom is -0.345 e. The van der Waals surface area contributed by atoms with E-state index in [9.17, 15) is 9.18 Å². The Bertz CT molecular complexity index is 1190. The Labute approximate surface area is 180 Å². The maximum Gasteiger partial charge on any atom is 0.255 e. The third kappa shape index (κ3) is 4.64. The number of aromatic nitrogens is 3. The van der Waals surface area contributed by atoms with Gasteiger partial charge in [-0.2, -0.15) is 0 Å². The second-order valence-corrected chi connectivity index (χ2v) is 7.30. The van der Waals surface area contributed by atoms with Gasteiger partial charge in [-0.3, -0.25) is 9.78 Å². The van der Waals surface area contributed by atoms with Gasteiger partial charge in [0.1, 0.15) is 5.82 Å². The number of rotatable bonds is 5. The molecule has 2 heterocycles. The number of carbonyl (C=O) groups is 1. The standard InChI is InChI=1S/C25H21FN4O/c1-16-3-5-20(6-4-16)24-28-15-22(23(30-24)19-11-13-27-14-12-19)25(31)29-17(2)18-7-9-21(26)10-8-18/h3-15,17H,1-2H3,(H,29,31). The number of hydrogen-bond acceptors (Lipinski definition) is 4. The van der Waals surface area contributed by atoms with Gasteiger partial charge in [0.25, 0.3) is 5.91 Å². The first kappa shape index (κ1) is 20.3. The highest BCUT2D eigenvalue weighted by molar-refractivity contribution is 6.00. The highest BCUT2D eigenvalue weighted by Gasteiger charge is 2.19. The molecule has 1 unspecified atom stereocenters. The van der Waals surface area contributed by atoms with E-state index in [1.54, 1.807) is 42.9 Å². The summed E-state index contributed by atoms with van der Waals surface area (Å²) in [7, 11) is 0. The van der Waals surface area contributed by atoms with Crippen LogP contribution < -0.4 is 5.32 Å². The Morgan fingerprint density at radius 2 is 1.61 bits per heavy atom. The Morgan fingerprint density at radius 1 is 0.935 bits per heavy atom. The molecule has 6 heteroatoms. The van der Waals surface area contributed by atoms with Gasteiger partial charge in [-0.1, -0.05) is 42.0 Å². The third-order valence-corrected chi connectivity index (χ3v) is 5.01. The van der Waals surface area contributed by atoms with Gasteiger partial charge in [0.05, 0.1) is 17.3 Å². The van der Waals surface area contributed by atoms with Gasteiger partial charge in [0.2, 0.25) is 0 Å². The Morgan fingerprint density at radius 3 is 2.29 bits per heavy atom. The second kappa shape index (κ2) is 8.83. The number of benzene rings is 2. The number of aryl methyl sites for hydroxylation is 1. The van der Waals surface area contributed by atoms with Crippen LogP contribution >= 0.6 is 0 Å². The first-order valence-electron chi connectivity index (χ1n) is 9.92. The molecule has 2 aromatic heterocycles. The summed E-state index contributed by atoms with van der Waals surface area (Å²) in [6, 6.07) is 17.3. The minimum absolute atomic E-state index is 0.306. The molecule has 0 radical (unpaired) electrons. The molecule has 31 heavy (non-hydrogen) atoms. The monoisotopic (exact) mass is 412 g/mol. The van der Waals surface area contributed by atoms with Crippen molar-refractivity contribution in [1.82, 2.24) is 20.3 Å². The molecule has 0 saturated heterocycles. The SMILES string of the molecule is Cc1ccc(-c2ncc(C(=O)NC(C)c3ccc(F)cc3)c(-c3ccncc3)n2)cc1. The maximum absolute atomic E-state index is 13.2. The smallest absolute Gasteiger partial charge is 0.255 e. The molecule has 1 atom stereocenters. The summed E-state index contributed by atoms with van der Waals surface area (Å²) in [6.07, 6.45) is 4.86. The molecule has 0 aliphatic heterocycles. The number of hydrogen-bond donors (Lipinski definition) is 1.